The molecule has 0 saturated heterocycles. The largest absolute Gasteiger partial charge is 0.399 e. The van der Waals surface area contributed by atoms with Gasteiger partial charge in [-0.2, -0.15) is 0 Å². The second-order valence-corrected chi connectivity index (χ2v) is 6.23. The summed E-state index contributed by atoms with van der Waals surface area (Å²) in [6, 6.07) is 6.19. The number of rotatable bonds is 2. The Morgan fingerprint density at radius 3 is 2.82 bits per heavy atom. The van der Waals surface area contributed by atoms with E-state index in [1.165, 1.54) is 10.6 Å². The number of hydrogen-bond acceptors (Lipinski definition) is 6. The highest BCUT2D eigenvalue weighted by Gasteiger charge is 2.24. The van der Waals surface area contributed by atoms with Crippen molar-refractivity contribution in [1.82, 2.24) is 9.55 Å². The third-order valence-corrected chi connectivity index (χ3v) is 4.45. The number of benzene rings is 1. The first-order valence-electron chi connectivity index (χ1n) is 6.11. The second-order valence-electron chi connectivity index (χ2n) is 4.57. The zero-order chi connectivity index (χ0) is 16.0. The van der Waals surface area contributed by atoms with Gasteiger partial charge in [0, 0.05) is 11.8 Å². The standard InChI is InChI=1S/C13H9ClN4O3S/c1-6-16-8-4-7(15)2-3-9(8)17(6)13(19)11-5-10(18(20)21)12(14)22-11/h2-5H,15H2,1H3. The Morgan fingerprint density at radius 1 is 1.45 bits per heavy atom. The average molecular weight is 337 g/mol. The molecule has 112 valence electrons. The highest BCUT2D eigenvalue weighted by atomic mass is 35.5. The highest BCUT2D eigenvalue weighted by Crippen LogP contribution is 2.34. The van der Waals surface area contributed by atoms with Gasteiger partial charge in [0.15, 0.2) is 4.34 Å². The van der Waals surface area contributed by atoms with Crippen molar-refractivity contribution in [2.75, 3.05) is 5.73 Å². The van der Waals surface area contributed by atoms with Crippen LogP contribution in [0.25, 0.3) is 11.0 Å². The minimum atomic E-state index is -0.616. The van der Waals surface area contributed by atoms with Crippen LogP contribution in [0.15, 0.2) is 24.3 Å². The SMILES string of the molecule is Cc1nc2cc(N)ccc2n1C(=O)c1cc([N+](=O)[O-])c(Cl)s1. The first-order chi connectivity index (χ1) is 10.4. The third kappa shape index (κ3) is 2.22. The maximum absolute atomic E-state index is 12.6. The zero-order valence-electron chi connectivity index (χ0n) is 11.2. The number of hydrogen-bond donors (Lipinski definition) is 1. The Kier molecular flexibility index (Phi) is 3.34. The fourth-order valence-electron chi connectivity index (χ4n) is 2.17. The zero-order valence-corrected chi connectivity index (χ0v) is 12.8. The number of anilines is 1. The number of fused-ring (bicyclic) bond motifs is 1. The van der Waals surface area contributed by atoms with Crippen LogP contribution >= 0.6 is 22.9 Å². The first kappa shape index (κ1) is 14.5. The molecular weight excluding hydrogens is 328 g/mol. The number of halogens is 1. The van der Waals surface area contributed by atoms with Gasteiger partial charge >= 0.3 is 0 Å². The topological polar surface area (TPSA) is 104 Å². The van der Waals surface area contributed by atoms with Crippen molar-refractivity contribution < 1.29 is 9.72 Å². The molecule has 0 bridgehead atoms. The number of aromatic nitrogens is 2. The molecule has 2 heterocycles. The van der Waals surface area contributed by atoms with Crippen molar-refractivity contribution in [1.29, 1.82) is 0 Å². The van der Waals surface area contributed by atoms with Crippen LogP contribution in [0.4, 0.5) is 11.4 Å². The number of nitrogens with two attached hydrogens (primary N) is 1. The fraction of sp³-hybridized carbons (Fsp3) is 0.0769. The molecule has 1 aromatic carbocycles. The molecule has 0 unspecified atom stereocenters. The van der Waals surface area contributed by atoms with E-state index in [0.717, 1.165) is 11.3 Å². The Morgan fingerprint density at radius 2 is 2.18 bits per heavy atom. The average Bonchev–Trinajstić information content (AvgIpc) is 2.97. The van der Waals surface area contributed by atoms with Gasteiger partial charge in [-0.1, -0.05) is 11.6 Å². The second kappa shape index (κ2) is 5.08. The van der Waals surface area contributed by atoms with E-state index in [1.54, 1.807) is 25.1 Å². The van der Waals surface area contributed by atoms with Crippen molar-refractivity contribution in [3.63, 3.8) is 0 Å². The van der Waals surface area contributed by atoms with Gasteiger partial charge in [-0.3, -0.25) is 19.5 Å². The molecule has 0 aliphatic heterocycles. The summed E-state index contributed by atoms with van der Waals surface area (Å²) in [7, 11) is 0. The lowest BCUT2D eigenvalue weighted by molar-refractivity contribution is -0.384. The molecule has 0 aliphatic carbocycles. The summed E-state index contributed by atoms with van der Waals surface area (Å²) in [5.74, 6) is 0.0579. The maximum atomic E-state index is 12.6. The minimum Gasteiger partial charge on any atom is -0.399 e. The molecule has 22 heavy (non-hydrogen) atoms. The number of imidazole rings is 1. The molecule has 7 nitrogen and oxygen atoms in total. The van der Waals surface area contributed by atoms with Crippen LogP contribution < -0.4 is 5.73 Å². The van der Waals surface area contributed by atoms with Crippen LogP contribution in [0.2, 0.25) is 4.34 Å². The van der Waals surface area contributed by atoms with E-state index < -0.39 is 10.8 Å². The van der Waals surface area contributed by atoms with E-state index in [9.17, 15) is 14.9 Å². The number of thiophene rings is 1. The molecule has 0 fully saturated rings. The van der Waals surface area contributed by atoms with E-state index >= 15 is 0 Å². The van der Waals surface area contributed by atoms with E-state index in [0.29, 0.717) is 22.5 Å². The van der Waals surface area contributed by atoms with Crippen molar-refractivity contribution in [2.45, 2.75) is 6.92 Å². The Balaban J connectivity index is 2.15. The first-order valence-corrected chi connectivity index (χ1v) is 7.31. The van der Waals surface area contributed by atoms with Gasteiger partial charge in [-0.25, -0.2) is 4.98 Å². The summed E-state index contributed by atoms with van der Waals surface area (Å²) < 4.78 is 1.36. The van der Waals surface area contributed by atoms with E-state index in [1.807, 2.05) is 0 Å². The van der Waals surface area contributed by atoms with Gasteiger partial charge in [0.05, 0.1) is 16.0 Å². The van der Waals surface area contributed by atoms with Crippen LogP contribution in [0.5, 0.6) is 0 Å². The molecule has 2 N–H and O–H groups in total. The molecule has 2 aromatic heterocycles. The Labute approximate surface area is 133 Å². The molecule has 9 heteroatoms. The van der Waals surface area contributed by atoms with E-state index in [2.05, 4.69) is 4.98 Å². The smallest absolute Gasteiger partial charge is 0.299 e. The third-order valence-electron chi connectivity index (χ3n) is 3.13. The summed E-state index contributed by atoms with van der Waals surface area (Å²) in [6.45, 7) is 1.68. The van der Waals surface area contributed by atoms with Crippen molar-refractivity contribution in [3.8, 4) is 0 Å². The van der Waals surface area contributed by atoms with Gasteiger partial charge in [0.25, 0.3) is 11.6 Å². The van der Waals surface area contributed by atoms with Crippen LogP contribution in [0.1, 0.15) is 15.5 Å². The predicted molar refractivity (Wildman–Crippen MR) is 84.6 cm³/mol. The van der Waals surface area contributed by atoms with Crippen LogP contribution in [0, 0.1) is 17.0 Å². The summed E-state index contributed by atoms with van der Waals surface area (Å²) in [5, 5.41) is 10.8. The fourth-order valence-corrected chi connectivity index (χ4v) is 3.33. The van der Waals surface area contributed by atoms with Crippen LogP contribution in [0.3, 0.4) is 0 Å². The minimum absolute atomic E-state index is 0.0281. The number of nitrogen functional groups attached to an aromatic ring is 1. The molecule has 3 rings (SSSR count). The van der Waals surface area contributed by atoms with E-state index in [-0.39, 0.29) is 14.9 Å². The summed E-state index contributed by atoms with van der Waals surface area (Å²) in [5.41, 5.74) is 7.14. The lowest BCUT2D eigenvalue weighted by Crippen LogP contribution is -2.12. The molecule has 0 radical (unpaired) electrons. The molecule has 0 atom stereocenters. The van der Waals surface area contributed by atoms with Gasteiger partial charge in [-0.05, 0) is 25.1 Å². The highest BCUT2D eigenvalue weighted by molar-refractivity contribution is 7.18. The molecule has 0 aliphatic rings. The predicted octanol–water partition coefficient (Wildman–Crippen LogP) is 3.24. The maximum Gasteiger partial charge on any atom is 0.299 e. The lowest BCUT2D eigenvalue weighted by atomic mass is 10.3. The number of carbonyl (C=O) groups excluding carboxylic acids is 1. The monoisotopic (exact) mass is 336 g/mol. The van der Waals surface area contributed by atoms with Crippen LogP contribution in [-0.2, 0) is 0 Å². The van der Waals surface area contributed by atoms with Gasteiger partial charge < -0.3 is 5.73 Å². The Bertz CT molecular complexity index is 931. The molecule has 0 spiro atoms. The number of aryl methyl sites for hydroxylation is 1. The molecule has 0 saturated carbocycles. The summed E-state index contributed by atoms with van der Waals surface area (Å²) in [4.78, 5) is 27.3. The number of nitro groups is 1. The number of carbonyl (C=O) groups is 1. The quantitative estimate of drug-likeness (QED) is 0.439. The normalized spacial score (nSPS) is 11.0. The van der Waals surface area contributed by atoms with Gasteiger partial charge in [-0.15, -0.1) is 11.3 Å². The lowest BCUT2D eigenvalue weighted by Gasteiger charge is -2.03. The molecule has 3 aromatic rings. The summed E-state index contributed by atoms with van der Waals surface area (Å²) in [6.07, 6.45) is 0. The number of nitrogens with zero attached hydrogens (tertiary/aromatic N) is 3. The molecular formula is C13H9ClN4O3S. The van der Waals surface area contributed by atoms with E-state index in [4.69, 9.17) is 17.3 Å². The van der Waals surface area contributed by atoms with Gasteiger partial charge in [0.2, 0.25) is 0 Å². The molecule has 0 amide bonds. The van der Waals surface area contributed by atoms with Crippen molar-refractivity contribution in [3.05, 3.63) is 49.4 Å². The summed E-state index contributed by atoms with van der Waals surface area (Å²) >= 11 is 6.68. The van der Waals surface area contributed by atoms with Gasteiger partial charge in [0.1, 0.15) is 10.7 Å². The van der Waals surface area contributed by atoms with Crippen LogP contribution in [-0.4, -0.2) is 20.4 Å². The van der Waals surface area contributed by atoms with Crippen molar-refractivity contribution >= 4 is 51.3 Å². The van der Waals surface area contributed by atoms with Crippen molar-refractivity contribution in [2.24, 2.45) is 0 Å². The Hall–Kier alpha value is -2.45.